The van der Waals surface area contributed by atoms with Gasteiger partial charge in [0.05, 0.1) is 6.26 Å². The van der Waals surface area contributed by atoms with Crippen molar-refractivity contribution in [1.82, 2.24) is 20.6 Å². The summed E-state index contributed by atoms with van der Waals surface area (Å²) in [6.45, 7) is 2.04. The zero-order chi connectivity index (χ0) is 13.9. The van der Waals surface area contributed by atoms with Gasteiger partial charge in [-0.05, 0) is 26.1 Å². The van der Waals surface area contributed by atoms with Crippen molar-refractivity contribution < 1.29 is 13.5 Å². The van der Waals surface area contributed by atoms with Crippen LogP contribution in [0.25, 0.3) is 23.1 Å². The van der Waals surface area contributed by atoms with Gasteiger partial charge in [0.25, 0.3) is 5.89 Å². The first-order valence-electron chi connectivity index (χ1n) is 6.27. The molecule has 0 saturated heterocycles. The summed E-state index contributed by atoms with van der Waals surface area (Å²) in [6.07, 6.45) is 2.25. The topological polar surface area (TPSA) is 90.1 Å². The summed E-state index contributed by atoms with van der Waals surface area (Å²) in [4.78, 5) is 4.29. The fraction of sp³-hybridized carbons (Fsp3) is 0.308. The van der Waals surface area contributed by atoms with Crippen molar-refractivity contribution in [3.63, 3.8) is 0 Å². The minimum atomic E-state index is 0.274. The lowest BCUT2D eigenvalue weighted by Gasteiger charge is -2.04. The Hall–Kier alpha value is -2.41. The third kappa shape index (κ3) is 2.48. The molecule has 7 nitrogen and oxygen atoms in total. The fourth-order valence-corrected chi connectivity index (χ4v) is 1.73. The molecule has 0 spiro atoms. The number of nitrogens with zero attached hydrogens (tertiary/aromatic N) is 3. The maximum atomic E-state index is 5.23. The van der Waals surface area contributed by atoms with E-state index >= 15 is 0 Å². The van der Waals surface area contributed by atoms with Gasteiger partial charge >= 0.3 is 0 Å². The highest BCUT2D eigenvalue weighted by Gasteiger charge is 2.16. The highest BCUT2D eigenvalue weighted by atomic mass is 16.5. The Balaban J connectivity index is 1.80. The van der Waals surface area contributed by atoms with Gasteiger partial charge in [-0.15, -0.1) is 0 Å². The van der Waals surface area contributed by atoms with Crippen molar-refractivity contribution in [2.75, 3.05) is 7.05 Å². The highest BCUT2D eigenvalue weighted by Crippen LogP contribution is 2.25. The molecular weight excluding hydrogens is 260 g/mol. The monoisotopic (exact) mass is 274 g/mol. The van der Waals surface area contributed by atoms with Gasteiger partial charge in [-0.1, -0.05) is 10.3 Å². The van der Waals surface area contributed by atoms with E-state index in [9.17, 15) is 0 Å². The first-order chi connectivity index (χ1) is 9.76. The van der Waals surface area contributed by atoms with Crippen LogP contribution in [-0.2, 0) is 6.42 Å². The zero-order valence-corrected chi connectivity index (χ0v) is 11.2. The molecule has 3 heterocycles. The lowest BCUT2D eigenvalue weighted by molar-refractivity contribution is 0.400. The van der Waals surface area contributed by atoms with Crippen molar-refractivity contribution in [2.45, 2.75) is 19.4 Å². The van der Waals surface area contributed by atoms with Crippen molar-refractivity contribution in [3.8, 4) is 23.1 Å². The molecule has 0 aliphatic rings. The third-order valence-corrected chi connectivity index (χ3v) is 2.94. The van der Waals surface area contributed by atoms with E-state index in [1.807, 2.05) is 14.0 Å². The Morgan fingerprint density at radius 3 is 2.90 bits per heavy atom. The van der Waals surface area contributed by atoms with Crippen LogP contribution in [0, 0.1) is 0 Å². The highest BCUT2D eigenvalue weighted by molar-refractivity contribution is 5.57. The Kier molecular flexibility index (Phi) is 3.34. The molecule has 1 atom stereocenters. The number of nitrogens with one attached hydrogen (secondary N) is 1. The minimum Gasteiger partial charge on any atom is -0.461 e. The van der Waals surface area contributed by atoms with Crippen LogP contribution >= 0.6 is 0 Å². The molecule has 1 unspecified atom stereocenters. The van der Waals surface area contributed by atoms with Crippen LogP contribution in [-0.4, -0.2) is 28.4 Å². The van der Waals surface area contributed by atoms with E-state index in [-0.39, 0.29) is 6.04 Å². The number of aromatic nitrogens is 3. The van der Waals surface area contributed by atoms with Crippen LogP contribution in [0.15, 0.2) is 37.9 Å². The van der Waals surface area contributed by atoms with Gasteiger partial charge in [0.15, 0.2) is 17.3 Å². The number of likely N-dealkylation sites (N-methyl/N-ethyl adjacent to an activating group) is 1. The number of rotatable bonds is 5. The maximum Gasteiger partial charge on any atom is 0.280 e. The van der Waals surface area contributed by atoms with E-state index < -0.39 is 0 Å². The van der Waals surface area contributed by atoms with Crippen LogP contribution in [0.4, 0.5) is 0 Å². The molecule has 3 aromatic heterocycles. The van der Waals surface area contributed by atoms with E-state index in [0.717, 1.165) is 0 Å². The Bertz CT molecular complexity index is 671. The molecule has 0 amide bonds. The molecule has 0 saturated carbocycles. The van der Waals surface area contributed by atoms with Crippen LogP contribution in [0.5, 0.6) is 0 Å². The van der Waals surface area contributed by atoms with Gasteiger partial charge in [0.2, 0.25) is 5.76 Å². The largest absolute Gasteiger partial charge is 0.461 e. The predicted molar refractivity (Wildman–Crippen MR) is 69.7 cm³/mol. The summed E-state index contributed by atoms with van der Waals surface area (Å²) in [6, 6.07) is 5.55. The molecule has 3 rings (SSSR count). The summed E-state index contributed by atoms with van der Waals surface area (Å²) in [5.41, 5.74) is 0.493. The fourth-order valence-electron chi connectivity index (χ4n) is 1.73. The summed E-state index contributed by atoms with van der Waals surface area (Å²) in [5, 5.41) is 10.9. The van der Waals surface area contributed by atoms with Gasteiger partial charge in [0.1, 0.15) is 0 Å². The average molecular weight is 274 g/mol. The molecule has 0 radical (unpaired) electrons. The summed E-state index contributed by atoms with van der Waals surface area (Å²) >= 11 is 0. The van der Waals surface area contributed by atoms with E-state index in [4.69, 9.17) is 13.5 Å². The molecule has 0 fully saturated rings. The van der Waals surface area contributed by atoms with E-state index in [0.29, 0.717) is 35.4 Å². The Morgan fingerprint density at radius 1 is 1.25 bits per heavy atom. The molecule has 1 N–H and O–H groups in total. The third-order valence-electron chi connectivity index (χ3n) is 2.94. The standard InChI is InChI=1S/C13H14N4O3/c1-8(14-2)6-12-15-13(20-17-12)9-7-11(19-16-9)10-4-3-5-18-10/h3-5,7-8,14H,6H2,1-2H3. The molecule has 0 aliphatic heterocycles. The van der Waals surface area contributed by atoms with Crippen molar-refractivity contribution >= 4 is 0 Å². The number of hydrogen-bond donors (Lipinski definition) is 1. The first kappa shape index (κ1) is 12.6. The molecule has 0 aliphatic carbocycles. The lowest BCUT2D eigenvalue weighted by Crippen LogP contribution is -2.24. The second-order valence-electron chi connectivity index (χ2n) is 4.46. The van der Waals surface area contributed by atoms with Gasteiger partial charge in [-0.25, -0.2) is 0 Å². The van der Waals surface area contributed by atoms with Gasteiger partial charge in [-0.2, -0.15) is 4.98 Å². The molecule has 3 aromatic rings. The molecule has 0 aromatic carbocycles. The average Bonchev–Trinajstić information content (AvgIpc) is 3.18. The zero-order valence-electron chi connectivity index (χ0n) is 11.2. The van der Waals surface area contributed by atoms with Gasteiger partial charge in [0, 0.05) is 18.5 Å². The second kappa shape index (κ2) is 5.30. The summed E-state index contributed by atoms with van der Waals surface area (Å²) < 4.78 is 15.6. The van der Waals surface area contributed by atoms with Gasteiger partial charge < -0.3 is 18.8 Å². The maximum absolute atomic E-state index is 5.23. The van der Waals surface area contributed by atoms with Crippen LogP contribution in [0.2, 0.25) is 0 Å². The molecule has 104 valence electrons. The normalized spacial score (nSPS) is 12.7. The molecule has 7 heteroatoms. The van der Waals surface area contributed by atoms with E-state index in [1.165, 1.54) is 0 Å². The van der Waals surface area contributed by atoms with Crippen molar-refractivity contribution in [2.24, 2.45) is 0 Å². The Morgan fingerprint density at radius 2 is 2.15 bits per heavy atom. The summed E-state index contributed by atoms with van der Waals surface area (Å²) in [5.74, 6) is 2.09. The molecule has 20 heavy (non-hydrogen) atoms. The smallest absolute Gasteiger partial charge is 0.280 e. The molecular formula is C13H14N4O3. The number of furan rings is 1. The number of hydrogen-bond acceptors (Lipinski definition) is 7. The summed E-state index contributed by atoms with van der Waals surface area (Å²) in [7, 11) is 1.89. The predicted octanol–water partition coefficient (Wildman–Crippen LogP) is 2.13. The van der Waals surface area contributed by atoms with Gasteiger partial charge in [-0.3, -0.25) is 0 Å². The second-order valence-corrected chi connectivity index (χ2v) is 4.46. The molecule has 0 bridgehead atoms. The quantitative estimate of drug-likeness (QED) is 0.762. The van der Waals surface area contributed by atoms with E-state index in [1.54, 1.807) is 24.5 Å². The first-order valence-corrected chi connectivity index (χ1v) is 6.27. The van der Waals surface area contributed by atoms with Crippen molar-refractivity contribution in [1.29, 1.82) is 0 Å². The SMILES string of the molecule is CNC(C)Cc1noc(-c2cc(-c3ccco3)on2)n1. The van der Waals surface area contributed by atoms with Crippen LogP contribution in [0.3, 0.4) is 0 Å². The minimum absolute atomic E-state index is 0.274. The van der Waals surface area contributed by atoms with E-state index in [2.05, 4.69) is 20.6 Å². The van der Waals surface area contributed by atoms with Crippen LogP contribution in [0.1, 0.15) is 12.7 Å². The van der Waals surface area contributed by atoms with Crippen LogP contribution < -0.4 is 5.32 Å². The lowest BCUT2D eigenvalue weighted by atomic mass is 10.2. The van der Waals surface area contributed by atoms with Crippen molar-refractivity contribution in [3.05, 3.63) is 30.3 Å². The Labute approximate surface area is 114 Å².